The highest BCUT2D eigenvalue weighted by Crippen LogP contribution is 2.32. The summed E-state index contributed by atoms with van der Waals surface area (Å²) in [7, 11) is 2.23. The second-order valence-corrected chi connectivity index (χ2v) is 6.94. The molecule has 2 atom stereocenters. The third-order valence-electron chi connectivity index (χ3n) is 5.36. The molecule has 128 valence electrons. The summed E-state index contributed by atoms with van der Waals surface area (Å²) >= 11 is 0. The van der Waals surface area contributed by atoms with Crippen molar-refractivity contribution < 1.29 is 9.90 Å². The lowest BCUT2D eigenvalue weighted by Crippen LogP contribution is -2.57. The zero-order valence-corrected chi connectivity index (χ0v) is 14.3. The van der Waals surface area contributed by atoms with Crippen LogP contribution in [0.4, 0.5) is 4.79 Å². The van der Waals surface area contributed by atoms with Crippen LogP contribution in [0.15, 0.2) is 0 Å². The van der Waals surface area contributed by atoms with Crippen molar-refractivity contribution in [3.05, 3.63) is 0 Å². The van der Waals surface area contributed by atoms with Crippen LogP contribution in [0, 0.1) is 0 Å². The molecule has 0 saturated carbocycles. The number of nitrogens with one attached hydrogen (secondary N) is 1. The number of aliphatic hydroxyl groups excluding tert-OH is 1. The van der Waals surface area contributed by atoms with Crippen LogP contribution in [0.25, 0.3) is 0 Å². The Bertz CT molecular complexity index is 337. The number of fused-ring (bicyclic) bond motifs is 2. The molecule has 2 rings (SSSR count). The lowest BCUT2D eigenvalue weighted by atomic mass is 9.82. The van der Waals surface area contributed by atoms with E-state index in [0.29, 0.717) is 24.7 Å². The Balaban J connectivity index is 1.83. The number of carbonyl (C=O) groups is 1. The van der Waals surface area contributed by atoms with E-state index < -0.39 is 0 Å². The van der Waals surface area contributed by atoms with Crippen LogP contribution in [0.2, 0.25) is 0 Å². The maximum atomic E-state index is 12.5. The quantitative estimate of drug-likeness (QED) is 0.709. The van der Waals surface area contributed by atoms with Gasteiger partial charge in [-0.2, -0.15) is 0 Å². The molecule has 0 radical (unpaired) electrons. The normalized spacial score (nSPS) is 28.4. The van der Waals surface area contributed by atoms with Gasteiger partial charge in [0.2, 0.25) is 0 Å². The number of unbranched alkanes of at least 4 members (excludes halogenated alkanes) is 2. The van der Waals surface area contributed by atoms with Gasteiger partial charge in [0.1, 0.15) is 0 Å². The van der Waals surface area contributed by atoms with Gasteiger partial charge in [-0.3, -0.25) is 0 Å². The van der Waals surface area contributed by atoms with Crippen LogP contribution in [0.1, 0.15) is 58.3 Å². The fraction of sp³-hybridized carbons (Fsp3) is 0.941. The van der Waals surface area contributed by atoms with E-state index in [-0.39, 0.29) is 12.6 Å². The molecule has 0 aliphatic carbocycles. The largest absolute Gasteiger partial charge is 0.395 e. The lowest BCUT2D eigenvalue weighted by molar-refractivity contribution is 0.0491. The summed E-state index contributed by atoms with van der Waals surface area (Å²) in [5.74, 6) is 0. The zero-order chi connectivity index (χ0) is 15.9. The number of urea groups is 1. The molecule has 5 heteroatoms. The van der Waals surface area contributed by atoms with E-state index in [9.17, 15) is 9.90 Å². The highest BCUT2D eigenvalue weighted by atomic mass is 16.3. The lowest BCUT2D eigenvalue weighted by Gasteiger charge is -2.47. The Morgan fingerprint density at radius 2 is 1.91 bits per heavy atom. The summed E-state index contributed by atoms with van der Waals surface area (Å²) in [4.78, 5) is 16.8. The smallest absolute Gasteiger partial charge is 0.317 e. The predicted molar refractivity (Wildman–Crippen MR) is 88.9 cm³/mol. The molecule has 0 aromatic rings. The van der Waals surface area contributed by atoms with Crippen LogP contribution in [-0.4, -0.2) is 65.8 Å². The SMILES string of the molecule is CCCCCN(CCO)C(=O)NC1CC2CCCC(C1)N2C. The fourth-order valence-corrected chi connectivity index (χ4v) is 3.99. The Morgan fingerprint density at radius 1 is 1.23 bits per heavy atom. The molecule has 22 heavy (non-hydrogen) atoms. The summed E-state index contributed by atoms with van der Waals surface area (Å²) in [5.41, 5.74) is 0. The predicted octanol–water partition coefficient (Wildman–Crippen LogP) is 2.20. The minimum Gasteiger partial charge on any atom is -0.395 e. The van der Waals surface area contributed by atoms with Crippen LogP contribution >= 0.6 is 0 Å². The Labute approximate surface area is 135 Å². The number of hydrogen-bond acceptors (Lipinski definition) is 3. The molecule has 0 aromatic heterocycles. The fourth-order valence-electron chi connectivity index (χ4n) is 3.99. The van der Waals surface area contributed by atoms with Gasteiger partial charge in [-0.25, -0.2) is 4.79 Å². The molecule has 2 bridgehead atoms. The molecule has 2 amide bonds. The molecule has 2 saturated heterocycles. The number of hydrogen-bond donors (Lipinski definition) is 2. The van der Waals surface area contributed by atoms with Gasteiger partial charge in [-0.05, 0) is 39.2 Å². The molecule has 2 fully saturated rings. The van der Waals surface area contributed by atoms with Gasteiger partial charge in [0.15, 0.2) is 0 Å². The third kappa shape index (κ3) is 4.59. The number of piperidine rings is 2. The summed E-state index contributed by atoms with van der Waals surface area (Å²) in [6.45, 7) is 3.39. The molecule has 0 aromatic carbocycles. The first-order valence-corrected chi connectivity index (χ1v) is 9.04. The Kier molecular flexibility index (Phi) is 6.96. The molecular formula is C17H33N3O2. The van der Waals surface area contributed by atoms with Crippen molar-refractivity contribution in [1.29, 1.82) is 0 Å². The first kappa shape index (κ1) is 17.5. The molecule has 2 heterocycles. The van der Waals surface area contributed by atoms with Gasteiger partial charge in [0, 0.05) is 31.2 Å². The van der Waals surface area contributed by atoms with Crippen molar-refractivity contribution in [1.82, 2.24) is 15.1 Å². The van der Waals surface area contributed by atoms with Gasteiger partial charge in [-0.1, -0.05) is 26.2 Å². The minimum absolute atomic E-state index is 0.0118. The molecule has 0 spiro atoms. The van der Waals surface area contributed by atoms with Gasteiger partial charge in [-0.15, -0.1) is 0 Å². The van der Waals surface area contributed by atoms with Crippen molar-refractivity contribution in [2.45, 2.75) is 76.4 Å². The summed E-state index contributed by atoms with van der Waals surface area (Å²) in [6, 6.07) is 1.57. The van der Waals surface area contributed by atoms with E-state index in [1.165, 1.54) is 19.3 Å². The Hall–Kier alpha value is -0.810. The van der Waals surface area contributed by atoms with E-state index in [1.54, 1.807) is 4.90 Å². The maximum absolute atomic E-state index is 12.5. The second kappa shape index (κ2) is 8.73. The topological polar surface area (TPSA) is 55.8 Å². The molecule has 2 unspecified atom stereocenters. The van der Waals surface area contributed by atoms with E-state index >= 15 is 0 Å². The van der Waals surface area contributed by atoms with Crippen molar-refractivity contribution in [3.63, 3.8) is 0 Å². The summed E-state index contributed by atoms with van der Waals surface area (Å²) in [6.07, 6.45) is 9.28. The molecule has 2 aliphatic heterocycles. The molecule has 5 nitrogen and oxygen atoms in total. The van der Waals surface area contributed by atoms with E-state index in [0.717, 1.165) is 38.6 Å². The van der Waals surface area contributed by atoms with Crippen molar-refractivity contribution in [2.24, 2.45) is 0 Å². The van der Waals surface area contributed by atoms with E-state index in [2.05, 4.69) is 24.2 Å². The first-order valence-electron chi connectivity index (χ1n) is 9.04. The first-order chi connectivity index (χ1) is 10.7. The highest BCUT2D eigenvalue weighted by molar-refractivity contribution is 5.74. The van der Waals surface area contributed by atoms with Crippen LogP contribution in [-0.2, 0) is 0 Å². The van der Waals surface area contributed by atoms with E-state index in [1.807, 2.05) is 0 Å². The number of rotatable bonds is 7. The second-order valence-electron chi connectivity index (χ2n) is 6.94. The van der Waals surface area contributed by atoms with Gasteiger partial charge < -0.3 is 20.2 Å². The summed E-state index contributed by atoms with van der Waals surface area (Å²) in [5, 5.41) is 12.4. The van der Waals surface area contributed by atoms with Gasteiger partial charge >= 0.3 is 6.03 Å². The molecular weight excluding hydrogens is 278 g/mol. The minimum atomic E-state index is 0.0118. The average Bonchev–Trinajstić information content (AvgIpc) is 2.47. The molecule has 2 aliphatic rings. The number of carbonyl (C=O) groups excluding carboxylic acids is 1. The van der Waals surface area contributed by atoms with Crippen LogP contribution < -0.4 is 5.32 Å². The van der Waals surface area contributed by atoms with Crippen molar-refractivity contribution in [3.8, 4) is 0 Å². The van der Waals surface area contributed by atoms with E-state index in [4.69, 9.17) is 0 Å². The van der Waals surface area contributed by atoms with Crippen molar-refractivity contribution in [2.75, 3.05) is 26.7 Å². The zero-order valence-electron chi connectivity index (χ0n) is 14.3. The summed E-state index contributed by atoms with van der Waals surface area (Å²) < 4.78 is 0. The van der Waals surface area contributed by atoms with Crippen molar-refractivity contribution >= 4 is 6.03 Å². The van der Waals surface area contributed by atoms with Crippen LogP contribution in [0.3, 0.4) is 0 Å². The number of amides is 2. The standard InChI is InChI=1S/C17H33N3O2/c1-3-4-5-9-20(10-11-21)17(22)18-14-12-15-7-6-8-16(13-14)19(15)2/h14-16,21H,3-13H2,1-2H3,(H,18,22). The molecule has 2 N–H and O–H groups in total. The monoisotopic (exact) mass is 311 g/mol. The average molecular weight is 311 g/mol. The van der Waals surface area contributed by atoms with Gasteiger partial charge in [0.05, 0.1) is 6.61 Å². The number of aliphatic hydroxyl groups is 1. The number of nitrogens with zero attached hydrogens (tertiary/aromatic N) is 2. The highest BCUT2D eigenvalue weighted by Gasteiger charge is 2.36. The third-order valence-corrected chi connectivity index (χ3v) is 5.36. The van der Waals surface area contributed by atoms with Gasteiger partial charge in [0.25, 0.3) is 0 Å². The Morgan fingerprint density at radius 3 is 2.50 bits per heavy atom. The van der Waals surface area contributed by atoms with Crippen LogP contribution in [0.5, 0.6) is 0 Å². The maximum Gasteiger partial charge on any atom is 0.317 e.